The summed E-state index contributed by atoms with van der Waals surface area (Å²) < 4.78 is 0. The molecule has 0 aliphatic carbocycles. The first-order chi connectivity index (χ1) is 39.2. The summed E-state index contributed by atoms with van der Waals surface area (Å²) in [5.41, 5.74) is 0. The molecule has 1 heterocycles. The number of likely N-dealkylation sites (N-methyl/N-ethyl adjacent to an activating group) is 7. The first kappa shape index (κ1) is 77.1. The third-order valence-electron chi connectivity index (χ3n) is 16.3. The van der Waals surface area contributed by atoms with E-state index >= 15 is 9.59 Å². The third kappa shape index (κ3) is 21.8. The van der Waals surface area contributed by atoms with Crippen molar-refractivity contribution in [2.45, 2.75) is 236 Å². The van der Waals surface area contributed by atoms with E-state index in [0.717, 1.165) is 16.2 Å². The number of rotatable bonds is 16. The maximum absolute atomic E-state index is 15.1. The zero-order chi connectivity index (χ0) is 66.0. The number of unbranched alkanes of at least 4 members (excludes halogenated alkanes) is 1. The van der Waals surface area contributed by atoms with Gasteiger partial charge in [0.05, 0.1) is 12.6 Å². The molecule has 1 fully saturated rings. The van der Waals surface area contributed by atoms with Gasteiger partial charge < -0.3 is 60.7 Å². The number of hydrogen-bond acceptors (Lipinski definition) is 12. The molecule has 12 atom stereocenters. The Morgan fingerprint density at radius 1 is 0.435 bits per heavy atom. The van der Waals surface area contributed by atoms with Gasteiger partial charge in [-0.25, -0.2) is 0 Å². The van der Waals surface area contributed by atoms with Crippen LogP contribution in [0.2, 0.25) is 0 Å². The number of carbonyl (C=O) groups is 11. The van der Waals surface area contributed by atoms with Gasteiger partial charge in [-0.2, -0.15) is 0 Å². The van der Waals surface area contributed by atoms with Crippen LogP contribution in [0.5, 0.6) is 0 Å². The van der Waals surface area contributed by atoms with E-state index in [1.165, 1.54) is 87.7 Å². The molecule has 23 heteroatoms. The summed E-state index contributed by atoms with van der Waals surface area (Å²) in [6, 6.07) is -12.2. The summed E-state index contributed by atoms with van der Waals surface area (Å²) in [7, 11) is 9.97. The van der Waals surface area contributed by atoms with E-state index in [4.69, 9.17) is 0 Å². The van der Waals surface area contributed by atoms with Gasteiger partial charge in [0.1, 0.15) is 60.4 Å². The van der Waals surface area contributed by atoms with E-state index < -0.39 is 156 Å². The van der Waals surface area contributed by atoms with Crippen molar-refractivity contribution in [2.24, 2.45) is 41.4 Å². The number of carbonyl (C=O) groups excluding carboxylic acids is 11. The molecule has 0 saturated carbocycles. The van der Waals surface area contributed by atoms with E-state index in [-0.39, 0.29) is 55.8 Å². The Kier molecular flexibility index (Phi) is 31.8. The van der Waals surface area contributed by atoms with Crippen molar-refractivity contribution < 1.29 is 57.8 Å². The average Bonchev–Trinajstić information content (AvgIpc) is 3.62. The van der Waals surface area contributed by atoms with Crippen molar-refractivity contribution in [3.63, 3.8) is 0 Å². The van der Waals surface area contributed by atoms with E-state index in [1.807, 2.05) is 62.3 Å². The molecule has 0 bridgehead atoms. The van der Waals surface area contributed by atoms with Crippen molar-refractivity contribution in [3.05, 3.63) is 0 Å². The van der Waals surface area contributed by atoms with Gasteiger partial charge in [-0.05, 0) is 93.8 Å². The Labute approximate surface area is 509 Å². The van der Waals surface area contributed by atoms with Gasteiger partial charge in [0.25, 0.3) is 0 Å². The normalized spacial score (nSPS) is 26.8. The van der Waals surface area contributed by atoms with E-state index in [0.29, 0.717) is 12.8 Å². The molecule has 0 aromatic heterocycles. The second-order valence-corrected chi connectivity index (χ2v) is 26.4. The van der Waals surface area contributed by atoms with Gasteiger partial charge in [-0.3, -0.25) is 52.7 Å². The highest BCUT2D eigenvalue weighted by molar-refractivity contribution is 5.99. The molecule has 1 aliphatic rings. The lowest BCUT2D eigenvalue weighted by molar-refractivity contribution is -0.157. The molecule has 488 valence electrons. The number of aliphatic hydroxyl groups is 1. The topological polar surface area (TPSA) is 279 Å². The number of nitrogens with one attached hydrogen (secondary N) is 4. The standard InChI is InChI=1S/C62H113N11O12/c1-25-27-28-40(15)52(75)51-56(79)65-43(26-2)58(81)67(18)33-48(74)68(19)44(29-34(3)4)55(78)66-49(38(11)12)61(84)69(20)45(30-35(5)6)54(77)63-41(16)53(76)64-42(17)57(80)70(21)46(31-36(7)8)59(82)71(22)47(32-37(9)10)60(83)72(23)50(39(13)14)62(85)73(51)24/h34-47,49-52,75H,25-33H2,1-24H3,(H,63,77)(H,64,76)(H,65,79)(H,66,78)/t40-,41+,42-,43+,44+,45+,46-,47+,49+,50+,51?,52-/m1/s1. The summed E-state index contributed by atoms with van der Waals surface area (Å²) in [6.45, 7) is 29.6. The van der Waals surface area contributed by atoms with Crippen LogP contribution in [0, 0.1) is 41.4 Å². The monoisotopic (exact) mass is 1200 g/mol. The number of hydrogen-bond donors (Lipinski definition) is 5. The molecule has 1 aliphatic heterocycles. The highest BCUT2D eigenvalue weighted by Gasteiger charge is 2.46. The fourth-order valence-corrected chi connectivity index (χ4v) is 10.9. The molecule has 1 unspecified atom stereocenters. The molecule has 0 aromatic rings. The maximum atomic E-state index is 15.1. The van der Waals surface area contributed by atoms with Crippen LogP contribution >= 0.6 is 0 Å². The fourth-order valence-electron chi connectivity index (χ4n) is 10.9. The zero-order valence-electron chi connectivity index (χ0n) is 56.3. The molecule has 0 radical (unpaired) electrons. The molecule has 85 heavy (non-hydrogen) atoms. The van der Waals surface area contributed by atoms with Gasteiger partial charge >= 0.3 is 0 Å². The van der Waals surface area contributed by atoms with Crippen LogP contribution in [0.4, 0.5) is 0 Å². The van der Waals surface area contributed by atoms with Crippen LogP contribution in [-0.4, -0.2) is 227 Å². The molecule has 0 aromatic carbocycles. The molecular weight excluding hydrogens is 1090 g/mol. The summed E-state index contributed by atoms with van der Waals surface area (Å²) in [5, 5.41) is 23.1. The molecule has 1 saturated heterocycles. The zero-order valence-corrected chi connectivity index (χ0v) is 56.3. The fraction of sp³-hybridized carbons (Fsp3) is 0.823. The minimum atomic E-state index is -1.58. The van der Waals surface area contributed by atoms with Crippen molar-refractivity contribution in [3.8, 4) is 0 Å². The average molecular weight is 1200 g/mol. The van der Waals surface area contributed by atoms with Crippen LogP contribution in [0.15, 0.2) is 0 Å². The van der Waals surface area contributed by atoms with Crippen molar-refractivity contribution >= 4 is 65.0 Å². The van der Waals surface area contributed by atoms with E-state index in [9.17, 15) is 48.3 Å². The first-order valence-corrected chi connectivity index (χ1v) is 31.0. The highest BCUT2D eigenvalue weighted by Crippen LogP contribution is 2.26. The van der Waals surface area contributed by atoms with Gasteiger partial charge in [0.2, 0.25) is 65.0 Å². The van der Waals surface area contributed by atoms with Crippen LogP contribution in [0.1, 0.15) is 169 Å². The maximum Gasteiger partial charge on any atom is 0.246 e. The Morgan fingerprint density at radius 2 is 0.847 bits per heavy atom. The molecule has 11 amide bonds. The predicted octanol–water partition coefficient (Wildman–Crippen LogP) is 3.49. The second kappa shape index (κ2) is 35.1. The number of nitrogens with zero attached hydrogens (tertiary/aromatic N) is 7. The van der Waals surface area contributed by atoms with Gasteiger partial charge in [0.15, 0.2) is 0 Å². The lowest BCUT2D eigenvalue weighted by Gasteiger charge is -2.41. The number of aliphatic hydroxyl groups excluding tert-OH is 1. The van der Waals surface area contributed by atoms with Crippen molar-refractivity contribution in [2.75, 3.05) is 55.9 Å². The van der Waals surface area contributed by atoms with E-state index in [1.54, 1.807) is 41.5 Å². The van der Waals surface area contributed by atoms with Crippen molar-refractivity contribution in [1.29, 1.82) is 0 Å². The summed E-state index contributed by atoms with van der Waals surface area (Å²) in [6.07, 6.45) is 1.20. The van der Waals surface area contributed by atoms with Crippen LogP contribution in [-0.2, 0) is 52.7 Å². The minimum Gasteiger partial charge on any atom is -0.390 e. The second-order valence-electron chi connectivity index (χ2n) is 26.4. The lowest BCUT2D eigenvalue weighted by atomic mass is 9.90. The summed E-state index contributed by atoms with van der Waals surface area (Å²) in [4.78, 5) is 169. The first-order valence-electron chi connectivity index (χ1n) is 31.0. The lowest BCUT2D eigenvalue weighted by Crippen LogP contribution is -2.63. The SMILES string of the molecule is CCCC[C@@H](C)[C@@H](O)C1C(=O)N[C@@H](CC)C(=O)N(C)CC(=O)N(C)[C@@H](CC(C)C)C(=O)N[C@@H](C(C)C)C(=O)N(C)[C@@H](CC(C)C)C(=O)N[C@@H](C)C(=O)N[C@H](C)C(=O)N(C)[C@H](CC(C)C)C(=O)N(C)[C@@H](CC(C)C)C(=O)N(C)[C@@H](C(C)C)C(=O)N1C. The molecule has 1 rings (SSSR count). The molecule has 23 nitrogen and oxygen atoms in total. The largest absolute Gasteiger partial charge is 0.390 e. The smallest absolute Gasteiger partial charge is 0.246 e. The Balaban J connectivity index is 4.31. The van der Waals surface area contributed by atoms with Crippen LogP contribution in [0.3, 0.4) is 0 Å². The predicted molar refractivity (Wildman–Crippen MR) is 329 cm³/mol. The Bertz CT molecular complexity index is 2280. The summed E-state index contributed by atoms with van der Waals surface area (Å²) in [5.74, 6) is -9.50. The Hall–Kier alpha value is -5.87. The van der Waals surface area contributed by atoms with Crippen molar-refractivity contribution in [1.82, 2.24) is 55.6 Å². The van der Waals surface area contributed by atoms with Crippen LogP contribution < -0.4 is 21.3 Å². The molecular formula is C62H113N11O12. The van der Waals surface area contributed by atoms with Gasteiger partial charge in [0, 0.05) is 49.3 Å². The molecule has 0 spiro atoms. The van der Waals surface area contributed by atoms with E-state index in [2.05, 4.69) is 21.3 Å². The van der Waals surface area contributed by atoms with Gasteiger partial charge in [-0.1, -0.05) is 117 Å². The third-order valence-corrected chi connectivity index (χ3v) is 16.3. The highest BCUT2D eigenvalue weighted by atomic mass is 16.3. The minimum absolute atomic E-state index is 0.0340. The number of amides is 11. The summed E-state index contributed by atoms with van der Waals surface area (Å²) >= 11 is 0. The Morgan fingerprint density at radius 3 is 1.29 bits per heavy atom. The molecule has 5 N–H and O–H groups in total. The van der Waals surface area contributed by atoms with Gasteiger partial charge in [-0.15, -0.1) is 0 Å². The quantitative estimate of drug-likeness (QED) is 0.149. The van der Waals surface area contributed by atoms with Crippen LogP contribution in [0.25, 0.3) is 0 Å².